The minimum atomic E-state index is 0.256. The van der Waals surface area contributed by atoms with Crippen LogP contribution >= 0.6 is 0 Å². The third-order valence-corrected chi connectivity index (χ3v) is 4.70. The third-order valence-electron chi connectivity index (χ3n) is 4.70. The molecule has 0 saturated heterocycles. The highest BCUT2D eigenvalue weighted by Gasteiger charge is 2.40. The molecule has 0 amide bonds. The molecule has 3 rings (SSSR count). The minimum Gasteiger partial charge on any atom is -0.496 e. The SMILES string of the molecule is NNC(CC1CC2CCC1C2)C1=CCCO1. The van der Waals surface area contributed by atoms with Gasteiger partial charge in [-0.3, -0.25) is 5.84 Å². The molecule has 4 unspecified atom stereocenters. The molecule has 0 radical (unpaired) electrons. The van der Waals surface area contributed by atoms with Crippen molar-refractivity contribution in [1.82, 2.24) is 5.43 Å². The van der Waals surface area contributed by atoms with Crippen LogP contribution in [0.4, 0.5) is 0 Å². The van der Waals surface area contributed by atoms with Gasteiger partial charge in [-0.05, 0) is 49.5 Å². The lowest BCUT2D eigenvalue weighted by molar-refractivity contribution is 0.193. The van der Waals surface area contributed by atoms with Crippen LogP contribution in [0.15, 0.2) is 11.8 Å². The summed E-state index contributed by atoms with van der Waals surface area (Å²) >= 11 is 0. The Balaban J connectivity index is 1.60. The second-order valence-corrected chi connectivity index (χ2v) is 5.63. The van der Waals surface area contributed by atoms with Gasteiger partial charge in [0.1, 0.15) is 5.76 Å². The molecular weight excluding hydrogens is 200 g/mol. The molecule has 16 heavy (non-hydrogen) atoms. The number of hydrazine groups is 1. The molecule has 2 aliphatic carbocycles. The summed E-state index contributed by atoms with van der Waals surface area (Å²) in [6.07, 6.45) is 10.2. The molecule has 0 aromatic rings. The van der Waals surface area contributed by atoms with E-state index in [2.05, 4.69) is 11.5 Å². The zero-order valence-corrected chi connectivity index (χ0v) is 9.82. The first-order chi connectivity index (χ1) is 7.86. The van der Waals surface area contributed by atoms with Crippen LogP contribution in [0.25, 0.3) is 0 Å². The van der Waals surface area contributed by atoms with E-state index >= 15 is 0 Å². The van der Waals surface area contributed by atoms with Crippen molar-refractivity contribution in [1.29, 1.82) is 0 Å². The summed E-state index contributed by atoms with van der Waals surface area (Å²) in [4.78, 5) is 0. The Morgan fingerprint density at radius 2 is 2.38 bits per heavy atom. The molecule has 1 aliphatic heterocycles. The molecule has 0 aromatic carbocycles. The van der Waals surface area contributed by atoms with Crippen molar-refractivity contribution in [2.45, 2.75) is 44.6 Å². The Bertz CT molecular complexity index is 290. The van der Waals surface area contributed by atoms with Gasteiger partial charge in [0.15, 0.2) is 0 Å². The van der Waals surface area contributed by atoms with Gasteiger partial charge in [0, 0.05) is 6.42 Å². The van der Waals surface area contributed by atoms with E-state index in [1.54, 1.807) is 0 Å². The van der Waals surface area contributed by atoms with Crippen LogP contribution in [0.2, 0.25) is 0 Å². The summed E-state index contributed by atoms with van der Waals surface area (Å²) in [7, 11) is 0. The molecule has 3 aliphatic rings. The van der Waals surface area contributed by atoms with E-state index in [0.29, 0.717) is 0 Å². The fraction of sp³-hybridized carbons (Fsp3) is 0.846. The summed E-state index contributed by atoms with van der Waals surface area (Å²) in [6, 6.07) is 0.256. The molecule has 2 fully saturated rings. The van der Waals surface area contributed by atoms with E-state index in [0.717, 1.165) is 36.5 Å². The van der Waals surface area contributed by atoms with Crippen molar-refractivity contribution in [3.8, 4) is 0 Å². The third kappa shape index (κ3) is 1.87. The van der Waals surface area contributed by atoms with Gasteiger partial charge in [-0.1, -0.05) is 6.42 Å². The van der Waals surface area contributed by atoms with Gasteiger partial charge in [0.05, 0.1) is 12.6 Å². The molecule has 3 heteroatoms. The van der Waals surface area contributed by atoms with Crippen molar-refractivity contribution in [3.63, 3.8) is 0 Å². The highest BCUT2D eigenvalue weighted by atomic mass is 16.5. The van der Waals surface area contributed by atoms with Gasteiger partial charge < -0.3 is 4.74 Å². The number of nitrogens with one attached hydrogen (secondary N) is 1. The number of nitrogens with two attached hydrogens (primary N) is 1. The van der Waals surface area contributed by atoms with Crippen LogP contribution in [0.1, 0.15) is 38.5 Å². The lowest BCUT2D eigenvalue weighted by Crippen LogP contribution is -2.39. The molecule has 0 aromatic heterocycles. The monoisotopic (exact) mass is 222 g/mol. The first-order valence-corrected chi connectivity index (χ1v) is 6.66. The molecule has 0 spiro atoms. The average Bonchev–Trinajstić information content (AvgIpc) is 3.01. The molecule has 4 atom stereocenters. The summed E-state index contributed by atoms with van der Waals surface area (Å²) in [5.74, 6) is 9.62. The van der Waals surface area contributed by atoms with Gasteiger partial charge in [0.2, 0.25) is 0 Å². The van der Waals surface area contributed by atoms with Crippen LogP contribution in [-0.2, 0) is 4.74 Å². The van der Waals surface area contributed by atoms with Gasteiger partial charge in [-0.25, -0.2) is 5.43 Å². The van der Waals surface area contributed by atoms with Crippen molar-refractivity contribution in [3.05, 3.63) is 11.8 Å². The fourth-order valence-corrected chi connectivity index (χ4v) is 3.91. The van der Waals surface area contributed by atoms with Crippen LogP contribution in [0, 0.1) is 17.8 Å². The predicted molar refractivity (Wildman–Crippen MR) is 63.3 cm³/mol. The first-order valence-electron chi connectivity index (χ1n) is 6.66. The Hall–Kier alpha value is -0.540. The number of fused-ring (bicyclic) bond motifs is 2. The predicted octanol–water partition coefficient (Wildman–Crippen LogP) is 1.95. The largest absolute Gasteiger partial charge is 0.496 e. The zero-order valence-electron chi connectivity index (χ0n) is 9.82. The number of hydrogen-bond acceptors (Lipinski definition) is 3. The average molecular weight is 222 g/mol. The summed E-state index contributed by atoms with van der Waals surface area (Å²) in [6.45, 7) is 0.838. The quantitative estimate of drug-likeness (QED) is 0.564. The summed E-state index contributed by atoms with van der Waals surface area (Å²) in [5, 5.41) is 0. The van der Waals surface area contributed by atoms with Gasteiger partial charge in [0.25, 0.3) is 0 Å². The van der Waals surface area contributed by atoms with Crippen molar-refractivity contribution in [2.75, 3.05) is 6.61 Å². The number of ether oxygens (including phenoxy) is 1. The second kappa shape index (κ2) is 4.38. The lowest BCUT2D eigenvalue weighted by atomic mass is 9.84. The fourth-order valence-electron chi connectivity index (χ4n) is 3.91. The second-order valence-electron chi connectivity index (χ2n) is 5.63. The molecular formula is C13H22N2O. The highest BCUT2D eigenvalue weighted by Crippen LogP contribution is 2.50. The van der Waals surface area contributed by atoms with E-state index in [-0.39, 0.29) is 6.04 Å². The lowest BCUT2D eigenvalue weighted by Gasteiger charge is -2.26. The smallest absolute Gasteiger partial charge is 0.110 e. The van der Waals surface area contributed by atoms with Crippen molar-refractivity contribution < 1.29 is 4.74 Å². The van der Waals surface area contributed by atoms with Gasteiger partial charge in [-0.15, -0.1) is 0 Å². The maximum Gasteiger partial charge on any atom is 0.110 e. The van der Waals surface area contributed by atoms with E-state index in [4.69, 9.17) is 10.6 Å². The van der Waals surface area contributed by atoms with E-state index in [9.17, 15) is 0 Å². The molecule has 3 nitrogen and oxygen atoms in total. The minimum absolute atomic E-state index is 0.256. The molecule has 3 N–H and O–H groups in total. The Morgan fingerprint density at radius 1 is 1.44 bits per heavy atom. The van der Waals surface area contributed by atoms with Crippen LogP contribution in [0.5, 0.6) is 0 Å². The first kappa shape index (κ1) is 10.6. The van der Waals surface area contributed by atoms with Crippen molar-refractivity contribution >= 4 is 0 Å². The topological polar surface area (TPSA) is 47.3 Å². The number of hydrogen-bond donors (Lipinski definition) is 2. The normalized spacial score (nSPS) is 38.6. The van der Waals surface area contributed by atoms with Crippen molar-refractivity contribution in [2.24, 2.45) is 23.6 Å². The van der Waals surface area contributed by atoms with E-state index in [1.807, 2.05) is 0 Å². The van der Waals surface area contributed by atoms with Gasteiger partial charge in [-0.2, -0.15) is 0 Å². The van der Waals surface area contributed by atoms with Crippen LogP contribution in [0.3, 0.4) is 0 Å². The van der Waals surface area contributed by atoms with E-state index in [1.165, 1.54) is 32.1 Å². The summed E-state index contributed by atoms with van der Waals surface area (Å²) in [5.41, 5.74) is 2.94. The van der Waals surface area contributed by atoms with Crippen LogP contribution in [-0.4, -0.2) is 12.6 Å². The Kier molecular flexibility index (Phi) is 2.90. The molecule has 90 valence electrons. The molecule has 2 bridgehead atoms. The molecule has 1 heterocycles. The maximum absolute atomic E-state index is 5.66. The van der Waals surface area contributed by atoms with E-state index < -0.39 is 0 Å². The summed E-state index contributed by atoms with van der Waals surface area (Å²) < 4.78 is 5.61. The molecule has 2 saturated carbocycles. The zero-order chi connectivity index (χ0) is 11.0. The Labute approximate surface area is 97.4 Å². The Morgan fingerprint density at radius 3 is 2.94 bits per heavy atom. The highest BCUT2D eigenvalue weighted by molar-refractivity contribution is 5.08. The maximum atomic E-state index is 5.66. The van der Waals surface area contributed by atoms with Crippen LogP contribution < -0.4 is 11.3 Å². The van der Waals surface area contributed by atoms with Gasteiger partial charge >= 0.3 is 0 Å². The standard InChI is InChI=1S/C13H22N2O/c14-15-12(13-2-1-5-16-13)8-11-7-9-3-4-10(11)6-9/h2,9-12,15H,1,3-8,14H2. The number of rotatable bonds is 4.